The van der Waals surface area contributed by atoms with Crippen LogP contribution in [0.1, 0.15) is 21.5 Å². The minimum Gasteiger partial charge on any atom is -0.465 e. The van der Waals surface area contributed by atoms with Crippen molar-refractivity contribution in [2.24, 2.45) is 0 Å². The van der Waals surface area contributed by atoms with Crippen LogP contribution < -0.4 is 5.63 Å². The van der Waals surface area contributed by atoms with Crippen LogP contribution in [-0.4, -0.2) is 19.7 Å². The van der Waals surface area contributed by atoms with E-state index in [1.54, 1.807) is 12.1 Å². The van der Waals surface area contributed by atoms with Crippen molar-refractivity contribution in [1.82, 2.24) is 0 Å². The van der Waals surface area contributed by atoms with Crippen LogP contribution in [0.25, 0.3) is 21.7 Å². The Bertz CT molecular complexity index is 1000. The van der Waals surface area contributed by atoms with Crippen molar-refractivity contribution in [3.63, 3.8) is 0 Å². The van der Waals surface area contributed by atoms with Gasteiger partial charge < -0.3 is 13.9 Å². The maximum Gasteiger partial charge on any atom is 0.344 e. The number of carbonyl (C=O) groups is 1. The number of rotatable bonds is 1. The summed E-state index contributed by atoms with van der Waals surface area (Å²) in [5, 5.41) is 2.04. The second kappa shape index (κ2) is 5.21. The van der Waals surface area contributed by atoms with Crippen LogP contribution in [0, 0.1) is 0 Å². The lowest BCUT2D eigenvalue weighted by Crippen LogP contribution is -2.18. The molecule has 0 aliphatic carbocycles. The third-order valence-corrected chi connectivity index (χ3v) is 4.28. The molecule has 5 nitrogen and oxygen atoms in total. The number of methoxy groups -OCH3 is 1. The first-order valence-electron chi connectivity index (χ1n) is 7.37. The third kappa shape index (κ3) is 2.04. The smallest absolute Gasteiger partial charge is 0.344 e. The van der Waals surface area contributed by atoms with Gasteiger partial charge in [0.25, 0.3) is 0 Å². The molecule has 0 atom stereocenters. The fourth-order valence-electron chi connectivity index (χ4n) is 3.25. The van der Waals surface area contributed by atoms with E-state index >= 15 is 0 Å². The molecule has 2 aromatic carbocycles. The van der Waals surface area contributed by atoms with Crippen LogP contribution in [0.4, 0.5) is 0 Å². The van der Waals surface area contributed by atoms with Gasteiger partial charge in [-0.25, -0.2) is 9.59 Å². The van der Waals surface area contributed by atoms with Crippen LogP contribution in [-0.2, 0) is 22.5 Å². The number of carbonyl (C=O) groups excluding carboxylic acids is 1. The Kier molecular flexibility index (Phi) is 3.16. The van der Waals surface area contributed by atoms with Crippen LogP contribution in [0.2, 0.25) is 0 Å². The summed E-state index contributed by atoms with van der Waals surface area (Å²) in [7, 11) is 1.33. The summed E-state index contributed by atoms with van der Waals surface area (Å²) >= 11 is 0. The molecule has 4 rings (SSSR count). The topological polar surface area (TPSA) is 65.7 Å². The number of esters is 1. The molecule has 0 fully saturated rings. The molecule has 0 bridgehead atoms. The number of fused-ring (bicyclic) bond motifs is 5. The Morgan fingerprint density at radius 1 is 1.17 bits per heavy atom. The van der Waals surface area contributed by atoms with Gasteiger partial charge in [0.05, 0.1) is 31.3 Å². The summed E-state index contributed by atoms with van der Waals surface area (Å²) in [5.74, 6) is -0.447. The van der Waals surface area contributed by atoms with Crippen molar-refractivity contribution in [3.05, 3.63) is 57.4 Å². The van der Waals surface area contributed by atoms with Gasteiger partial charge in [0, 0.05) is 10.8 Å². The summed E-state index contributed by atoms with van der Waals surface area (Å²) in [6.07, 6.45) is 0.615. The molecule has 0 N–H and O–H groups in total. The molecule has 0 radical (unpaired) electrons. The zero-order valence-corrected chi connectivity index (χ0v) is 12.5. The van der Waals surface area contributed by atoms with Gasteiger partial charge >= 0.3 is 11.6 Å². The van der Waals surface area contributed by atoms with E-state index in [0.29, 0.717) is 36.2 Å². The molecule has 0 spiro atoms. The third-order valence-electron chi connectivity index (χ3n) is 4.28. The van der Waals surface area contributed by atoms with Gasteiger partial charge in [0.15, 0.2) is 0 Å². The van der Waals surface area contributed by atoms with Gasteiger partial charge in [-0.05, 0) is 29.7 Å². The zero-order valence-electron chi connectivity index (χ0n) is 12.5. The average Bonchev–Trinajstić information content (AvgIpc) is 2.60. The zero-order chi connectivity index (χ0) is 16.0. The quantitative estimate of drug-likeness (QED) is 0.393. The Labute approximate surface area is 131 Å². The summed E-state index contributed by atoms with van der Waals surface area (Å²) in [6.45, 7) is 0.909. The van der Waals surface area contributed by atoms with Gasteiger partial charge in [-0.2, -0.15) is 0 Å². The number of para-hydroxylation sites is 1. The Balaban J connectivity index is 2.23. The van der Waals surface area contributed by atoms with Gasteiger partial charge in [-0.1, -0.05) is 18.2 Å². The summed E-state index contributed by atoms with van der Waals surface area (Å²) in [6, 6.07) is 8.98. The largest absolute Gasteiger partial charge is 0.465 e. The maximum absolute atomic E-state index is 12.4. The SMILES string of the molecule is COC(=O)c1cc2c(=O)oc3ccccc3c2c2c1CCOC2. The predicted octanol–water partition coefficient (Wildman–Crippen LogP) is 2.81. The molecule has 1 aromatic heterocycles. The average molecular weight is 310 g/mol. The Hall–Kier alpha value is -2.66. The lowest BCUT2D eigenvalue weighted by atomic mass is 9.90. The molecule has 23 heavy (non-hydrogen) atoms. The van der Waals surface area contributed by atoms with Gasteiger partial charge in [0.1, 0.15) is 5.58 Å². The molecule has 3 aromatic rings. The second-order valence-electron chi connectivity index (χ2n) is 5.48. The van der Waals surface area contributed by atoms with E-state index in [1.165, 1.54) is 7.11 Å². The lowest BCUT2D eigenvalue weighted by Gasteiger charge is -2.21. The molecule has 0 saturated heterocycles. The number of ether oxygens (including phenoxy) is 2. The molecule has 116 valence electrons. The highest BCUT2D eigenvalue weighted by molar-refractivity contribution is 6.09. The molecule has 0 amide bonds. The number of hydrogen-bond donors (Lipinski definition) is 0. The van der Waals surface area contributed by atoms with Gasteiger partial charge in [-0.3, -0.25) is 0 Å². The van der Waals surface area contributed by atoms with Crippen LogP contribution in [0.15, 0.2) is 39.5 Å². The van der Waals surface area contributed by atoms with E-state index in [1.807, 2.05) is 18.2 Å². The highest BCUT2D eigenvalue weighted by Gasteiger charge is 2.24. The predicted molar refractivity (Wildman–Crippen MR) is 84.7 cm³/mol. The highest BCUT2D eigenvalue weighted by atomic mass is 16.5. The van der Waals surface area contributed by atoms with Crippen molar-refractivity contribution in [2.75, 3.05) is 13.7 Å². The standard InChI is InChI=1S/C18H14O5/c1-21-17(19)12-8-13-16(14-9-22-7-6-10(12)14)11-4-2-3-5-15(11)23-18(13)20/h2-5,8H,6-7,9H2,1H3. The van der Waals surface area contributed by atoms with Crippen molar-refractivity contribution in [3.8, 4) is 0 Å². The monoisotopic (exact) mass is 310 g/mol. The van der Waals surface area contributed by atoms with E-state index in [4.69, 9.17) is 13.9 Å². The molecule has 2 heterocycles. The summed E-state index contributed by atoms with van der Waals surface area (Å²) in [5.41, 5.74) is 2.26. The van der Waals surface area contributed by atoms with Crippen molar-refractivity contribution < 1.29 is 18.7 Å². The first-order chi connectivity index (χ1) is 11.2. The fraction of sp³-hybridized carbons (Fsp3) is 0.222. The second-order valence-corrected chi connectivity index (χ2v) is 5.48. The van der Waals surface area contributed by atoms with Crippen molar-refractivity contribution in [2.45, 2.75) is 13.0 Å². The minimum atomic E-state index is -0.461. The number of hydrogen-bond acceptors (Lipinski definition) is 5. The Morgan fingerprint density at radius 3 is 2.83 bits per heavy atom. The first-order valence-corrected chi connectivity index (χ1v) is 7.37. The van der Waals surface area contributed by atoms with Crippen molar-refractivity contribution >= 4 is 27.7 Å². The summed E-state index contributed by atoms with van der Waals surface area (Å²) < 4.78 is 15.8. The summed E-state index contributed by atoms with van der Waals surface area (Å²) in [4.78, 5) is 24.5. The normalized spacial score (nSPS) is 14.0. The van der Waals surface area contributed by atoms with Crippen LogP contribution in [0.3, 0.4) is 0 Å². The van der Waals surface area contributed by atoms with Crippen LogP contribution in [0.5, 0.6) is 0 Å². The molecular formula is C18H14O5. The molecule has 5 heteroatoms. The minimum absolute atomic E-state index is 0.365. The molecule has 0 saturated carbocycles. The van der Waals surface area contributed by atoms with E-state index in [2.05, 4.69) is 0 Å². The first kappa shape index (κ1) is 14.0. The van der Waals surface area contributed by atoms with Gasteiger partial charge in [0.2, 0.25) is 0 Å². The molecule has 0 unspecified atom stereocenters. The van der Waals surface area contributed by atoms with Crippen LogP contribution >= 0.6 is 0 Å². The van der Waals surface area contributed by atoms with E-state index < -0.39 is 11.6 Å². The van der Waals surface area contributed by atoms with E-state index in [0.717, 1.165) is 21.9 Å². The molecular weight excluding hydrogens is 296 g/mol. The molecule has 1 aliphatic rings. The van der Waals surface area contributed by atoms with E-state index in [9.17, 15) is 9.59 Å². The molecule has 1 aliphatic heterocycles. The highest BCUT2D eigenvalue weighted by Crippen LogP contribution is 2.33. The van der Waals surface area contributed by atoms with Crippen molar-refractivity contribution in [1.29, 1.82) is 0 Å². The Morgan fingerprint density at radius 2 is 2.00 bits per heavy atom. The number of benzene rings is 2. The van der Waals surface area contributed by atoms with E-state index in [-0.39, 0.29) is 0 Å². The lowest BCUT2D eigenvalue weighted by molar-refractivity contribution is 0.0595. The fourth-order valence-corrected chi connectivity index (χ4v) is 3.25. The van der Waals surface area contributed by atoms with Gasteiger partial charge in [-0.15, -0.1) is 0 Å². The maximum atomic E-state index is 12.4.